The van der Waals surface area contributed by atoms with Crippen molar-refractivity contribution >= 4 is 45.8 Å². The van der Waals surface area contributed by atoms with E-state index in [9.17, 15) is 9.59 Å². The van der Waals surface area contributed by atoms with Crippen LogP contribution in [-0.4, -0.2) is 51.1 Å². The molecule has 0 atom stereocenters. The predicted octanol–water partition coefficient (Wildman–Crippen LogP) is 3.17. The van der Waals surface area contributed by atoms with Crippen LogP contribution < -0.4 is 4.90 Å². The number of carbonyl (C=O) groups excluding carboxylic acids is 2. The fourth-order valence-corrected chi connectivity index (χ4v) is 4.80. The van der Waals surface area contributed by atoms with Gasteiger partial charge in [0.2, 0.25) is 11.0 Å². The van der Waals surface area contributed by atoms with Crippen molar-refractivity contribution in [1.29, 1.82) is 0 Å². The van der Waals surface area contributed by atoms with Gasteiger partial charge in [-0.3, -0.25) is 14.5 Å². The number of aromatic nitrogens is 2. The molecule has 0 radical (unpaired) electrons. The minimum absolute atomic E-state index is 0.0450. The molecule has 0 saturated heterocycles. The first-order valence-electron chi connectivity index (χ1n) is 9.37. The molecule has 1 aliphatic heterocycles. The lowest BCUT2D eigenvalue weighted by molar-refractivity contribution is -0.127. The Morgan fingerprint density at radius 3 is 2.75 bits per heavy atom. The molecule has 4 rings (SSSR count). The third-order valence-electron chi connectivity index (χ3n) is 4.60. The highest BCUT2D eigenvalue weighted by Crippen LogP contribution is 2.36. The average molecular weight is 416 g/mol. The Bertz CT molecular complexity index is 895. The van der Waals surface area contributed by atoms with Crippen LogP contribution in [0.15, 0.2) is 39.8 Å². The molecule has 0 bridgehead atoms. The van der Waals surface area contributed by atoms with Gasteiger partial charge in [0, 0.05) is 18.9 Å². The van der Waals surface area contributed by atoms with Crippen molar-refractivity contribution in [2.24, 2.45) is 5.10 Å². The number of nitrogens with zero attached hydrogens (tertiary/aromatic N) is 5. The highest BCUT2D eigenvalue weighted by Gasteiger charge is 2.35. The van der Waals surface area contributed by atoms with Crippen molar-refractivity contribution in [3.05, 3.63) is 35.9 Å². The summed E-state index contributed by atoms with van der Waals surface area (Å²) in [5, 5.41) is 15.0. The number of hydrazone groups is 1. The van der Waals surface area contributed by atoms with Gasteiger partial charge >= 0.3 is 0 Å². The first-order chi connectivity index (χ1) is 13.7. The predicted molar refractivity (Wildman–Crippen MR) is 111 cm³/mol. The van der Waals surface area contributed by atoms with Crippen LogP contribution in [-0.2, 0) is 9.59 Å². The van der Waals surface area contributed by atoms with Crippen LogP contribution in [0.2, 0.25) is 0 Å². The molecule has 2 aliphatic rings. The van der Waals surface area contributed by atoms with Crippen LogP contribution in [0.25, 0.3) is 0 Å². The van der Waals surface area contributed by atoms with Crippen molar-refractivity contribution in [2.75, 3.05) is 17.2 Å². The molecule has 9 heteroatoms. The lowest BCUT2D eigenvalue weighted by atomic mass is 10.1. The number of rotatable bonds is 7. The van der Waals surface area contributed by atoms with Gasteiger partial charge in [0.1, 0.15) is 0 Å². The number of thioether (sulfide) groups is 1. The molecule has 2 heterocycles. The van der Waals surface area contributed by atoms with Crippen LogP contribution in [0.1, 0.15) is 38.2 Å². The van der Waals surface area contributed by atoms with E-state index in [1.165, 1.54) is 28.1 Å². The zero-order chi connectivity index (χ0) is 19.5. The van der Waals surface area contributed by atoms with E-state index in [0.29, 0.717) is 22.4 Å². The molecule has 2 aromatic rings. The Morgan fingerprint density at radius 2 is 2.04 bits per heavy atom. The van der Waals surface area contributed by atoms with Gasteiger partial charge in [0.15, 0.2) is 4.34 Å². The van der Waals surface area contributed by atoms with Gasteiger partial charge < -0.3 is 0 Å². The summed E-state index contributed by atoms with van der Waals surface area (Å²) in [5.74, 6) is 0.285. The summed E-state index contributed by atoms with van der Waals surface area (Å²) in [6.45, 7) is 2.46. The SMILES string of the molecule is CCC(=O)N(c1nnc(SCC(=O)N2CCC(c3ccccc3)=N2)s1)C1CC1. The number of amides is 2. The van der Waals surface area contributed by atoms with Crippen molar-refractivity contribution in [3.63, 3.8) is 0 Å². The minimum atomic E-state index is -0.0450. The van der Waals surface area contributed by atoms with E-state index in [0.717, 1.165) is 30.5 Å². The Kier molecular flexibility index (Phi) is 5.72. The van der Waals surface area contributed by atoms with Gasteiger partial charge in [0.05, 0.1) is 18.0 Å². The molecule has 1 saturated carbocycles. The largest absolute Gasteiger partial charge is 0.284 e. The second-order valence-corrected chi connectivity index (χ2v) is 8.85. The third kappa shape index (κ3) is 4.25. The Hall–Kier alpha value is -2.26. The fraction of sp³-hybridized carbons (Fsp3) is 0.421. The highest BCUT2D eigenvalue weighted by molar-refractivity contribution is 8.01. The topological polar surface area (TPSA) is 78.8 Å². The molecule has 2 amide bonds. The minimum Gasteiger partial charge on any atom is -0.284 e. The van der Waals surface area contributed by atoms with E-state index in [4.69, 9.17) is 0 Å². The maximum absolute atomic E-state index is 12.5. The van der Waals surface area contributed by atoms with Crippen LogP contribution in [0.5, 0.6) is 0 Å². The molecule has 1 aliphatic carbocycles. The van der Waals surface area contributed by atoms with Crippen LogP contribution >= 0.6 is 23.1 Å². The summed E-state index contributed by atoms with van der Waals surface area (Å²) in [4.78, 5) is 26.4. The number of carbonyl (C=O) groups is 2. The van der Waals surface area contributed by atoms with Crippen LogP contribution in [0, 0.1) is 0 Å². The number of hydrogen-bond acceptors (Lipinski definition) is 7. The average Bonchev–Trinajstić information content (AvgIpc) is 3.24. The Labute approximate surface area is 171 Å². The maximum atomic E-state index is 12.5. The molecule has 0 unspecified atom stereocenters. The van der Waals surface area contributed by atoms with E-state index < -0.39 is 0 Å². The molecule has 7 nitrogen and oxygen atoms in total. The summed E-state index contributed by atoms with van der Waals surface area (Å²) >= 11 is 2.72. The zero-order valence-electron chi connectivity index (χ0n) is 15.6. The van der Waals surface area contributed by atoms with E-state index in [2.05, 4.69) is 15.3 Å². The maximum Gasteiger partial charge on any atom is 0.253 e. The van der Waals surface area contributed by atoms with E-state index in [1.54, 1.807) is 4.90 Å². The third-order valence-corrected chi connectivity index (χ3v) is 6.64. The summed E-state index contributed by atoms with van der Waals surface area (Å²) in [7, 11) is 0. The zero-order valence-corrected chi connectivity index (χ0v) is 17.2. The standard InChI is InChI=1S/C19H21N5O2S2/c1-2-16(25)24(14-8-9-14)18-20-21-19(28-18)27-12-17(26)23-11-10-15(22-23)13-6-4-3-5-7-13/h3-7,14H,2,8-12H2,1H3. The Morgan fingerprint density at radius 1 is 1.25 bits per heavy atom. The number of benzene rings is 1. The molecule has 1 aromatic heterocycles. The smallest absolute Gasteiger partial charge is 0.253 e. The number of anilines is 1. The lowest BCUT2D eigenvalue weighted by Gasteiger charge is -2.17. The van der Waals surface area contributed by atoms with Crippen molar-refractivity contribution < 1.29 is 9.59 Å². The van der Waals surface area contributed by atoms with Gasteiger partial charge in [-0.1, -0.05) is 60.4 Å². The summed E-state index contributed by atoms with van der Waals surface area (Å²) in [6.07, 6.45) is 3.25. The van der Waals surface area contributed by atoms with E-state index in [-0.39, 0.29) is 23.6 Å². The van der Waals surface area contributed by atoms with E-state index in [1.807, 2.05) is 37.3 Å². The Balaban J connectivity index is 1.35. The second kappa shape index (κ2) is 8.40. The van der Waals surface area contributed by atoms with Crippen LogP contribution in [0.4, 0.5) is 5.13 Å². The van der Waals surface area contributed by atoms with Gasteiger partial charge in [-0.05, 0) is 18.4 Å². The van der Waals surface area contributed by atoms with Gasteiger partial charge in [0.25, 0.3) is 5.91 Å². The molecule has 146 valence electrons. The van der Waals surface area contributed by atoms with Crippen LogP contribution in [0.3, 0.4) is 0 Å². The number of hydrogen-bond donors (Lipinski definition) is 0. The first kappa shape index (κ1) is 19.1. The van der Waals surface area contributed by atoms with Crippen molar-refractivity contribution in [1.82, 2.24) is 15.2 Å². The molecule has 1 fully saturated rings. The molecule has 1 aromatic carbocycles. The van der Waals surface area contributed by atoms with Gasteiger partial charge in [-0.2, -0.15) is 5.10 Å². The monoisotopic (exact) mass is 415 g/mol. The molecular formula is C19H21N5O2S2. The molecule has 28 heavy (non-hydrogen) atoms. The first-order valence-corrected chi connectivity index (χ1v) is 11.2. The molecule has 0 spiro atoms. The lowest BCUT2D eigenvalue weighted by Crippen LogP contribution is -2.32. The molecular weight excluding hydrogens is 394 g/mol. The summed E-state index contributed by atoms with van der Waals surface area (Å²) in [6, 6.07) is 10.2. The molecule has 0 N–H and O–H groups in total. The normalized spacial score (nSPS) is 16.2. The fourth-order valence-electron chi connectivity index (χ4n) is 3.00. The van der Waals surface area contributed by atoms with Gasteiger partial charge in [-0.25, -0.2) is 5.01 Å². The second-order valence-electron chi connectivity index (χ2n) is 6.67. The van der Waals surface area contributed by atoms with Gasteiger partial charge in [-0.15, -0.1) is 10.2 Å². The summed E-state index contributed by atoms with van der Waals surface area (Å²) in [5.41, 5.74) is 2.00. The summed E-state index contributed by atoms with van der Waals surface area (Å²) < 4.78 is 0.698. The van der Waals surface area contributed by atoms with E-state index >= 15 is 0 Å². The quantitative estimate of drug-likeness (QED) is 0.513. The highest BCUT2D eigenvalue weighted by atomic mass is 32.2. The van der Waals surface area contributed by atoms with Crippen molar-refractivity contribution in [2.45, 2.75) is 43.0 Å². The van der Waals surface area contributed by atoms with Crippen molar-refractivity contribution in [3.8, 4) is 0 Å².